The summed E-state index contributed by atoms with van der Waals surface area (Å²) in [5.41, 5.74) is 1.72. The van der Waals surface area contributed by atoms with Gasteiger partial charge in [-0.25, -0.2) is 0 Å². The van der Waals surface area contributed by atoms with Gasteiger partial charge in [-0.3, -0.25) is 14.5 Å². The van der Waals surface area contributed by atoms with Gasteiger partial charge in [0, 0.05) is 65.7 Å². The van der Waals surface area contributed by atoms with Crippen LogP contribution >= 0.6 is 0 Å². The fraction of sp³-hybridized carbons (Fsp3) is 0.360. The van der Waals surface area contributed by atoms with Crippen LogP contribution in [0, 0.1) is 5.21 Å². The van der Waals surface area contributed by atoms with E-state index in [0.29, 0.717) is 40.6 Å². The molecule has 10 nitrogen and oxygen atoms in total. The van der Waals surface area contributed by atoms with Gasteiger partial charge in [-0.1, -0.05) is 24.3 Å². The number of ether oxygens (including phenoxy) is 2. The van der Waals surface area contributed by atoms with E-state index in [9.17, 15) is 14.8 Å². The van der Waals surface area contributed by atoms with Crippen LogP contribution in [0.4, 0.5) is 5.69 Å². The molecule has 0 N–H and O–H groups in total. The van der Waals surface area contributed by atoms with E-state index in [4.69, 9.17) is 9.47 Å². The van der Waals surface area contributed by atoms with Gasteiger partial charge in [0.25, 0.3) is 0 Å². The standard InChI is InChI=1S/C25H27N5O5/c1-34-20-9-8-17(16-21(20)35-2)28-14-12-27(13-15-28)10-5-11-29-23-22(26-30(29)33)24(31)18-6-3-4-7-19(18)25(23)32/h3-4,6-9,16H,5,10-15H2,1-2H3. The molecule has 3 aromatic rings. The van der Waals surface area contributed by atoms with Gasteiger partial charge in [0.1, 0.15) is 0 Å². The molecule has 2 aromatic carbocycles. The maximum Gasteiger partial charge on any atom is 0.220 e. The van der Waals surface area contributed by atoms with Crippen LogP contribution in [-0.4, -0.2) is 73.2 Å². The smallest absolute Gasteiger partial charge is 0.220 e. The summed E-state index contributed by atoms with van der Waals surface area (Å²) >= 11 is 0. The molecule has 35 heavy (non-hydrogen) atoms. The molecule has 1 aliphatic carbocycles. The van der Waals surface area contributed by atoms with Gasteiger partial charge >= 0.3 is 0 Å². The van der Waals surface area contributed by atoms with E-state index < -0.39 is 0 Å². The third kappa shape index (κ3) is 4.10. The highest BCUT2D eigenvalue weighted by Gasteiger charge is 2.39. The molecule has 0 bridgehead atoms. The number of hydrogen-bond acceptors (Lipinski definition) is 8. The number of aromatic nitrogens is 3. The number of hydrogen-bond donors (Lipinski definition) is 0. The van der Waals surface area contributed by atoms with Crippen LogP contribution in [0.25, 0.3) is 0 Å². The Balaban J connectivity index is 1.20. The van der Waals surface area contributed by atoms with E-state index in [1.165, 1.54) is 4.68 Å². The second-order valence-corrected chi connectivity index (χ2v) is 8.60. The molecule has 0 atom stereocenters. The van der Waals surface area contributed by atoms with Crippen molar-refractivity contribution in [1.29, 1.82) is 0 Å². The third-order valence-electron chi connectivity index (χ3n) is 6.67. The molecule has 2 heterocycles. The van der Waals surface area contributed by atoms with E-state index >= 15 is 0 Å². The van der Waals surface area contributed by atoms with Crippen LogP contribution in [0.3, 0.4) is 0 Å². The highest BCUT2D eigenvalue weighted by molar-refractivity contribution is 6.26. The molecule has 0 unspecified atom stereocenters. The number of anilines is 1. The first-order valence-corrected chi connectivity index (χ1v) is 11.6. The zero-order valence-electron chi connectivity index (χ0n) is 19.8. The van der Waals surface area contributed by atoms with Crippen molar-refractivity contribution in [2.24, 2.45) is 0 Å². The lowest BCUT2D eigenvalue weighted by atomic mass is 9.90. The van der Waals surface area contributed by atoms with E-state index in [1.54, 1.807) is 38.5 Å². The molecule has 182 valence electrons. The lowest BCUT2D eigenvalue weighted by Gasteiger charge is -2.36. The van der Waals surface area contributed by atoms with Gasteiger partial charge in [-0.2, -0.15) is 0 Å². The minimum atomic E-state index is -0.384. The predicted molar refractivity (Wildman–Crippen MR) is 127 cm³/mol. The number of nitrogens with zero attached hydrogens (tertiary/aromatic N) is 5. The summed E-state index contributed by atoms with van der Waals surface area (Å²) in [5, 5.41) is 16.3. The van der Waals surface area contributed by atoms with Crippen molar-refractivity contribution in [2.75, 3.05) is 51.8 Å². The number of benzene rings is 2. The Labute approximate surface area is 202 Å². The zero-order valence-corrected chi connectivity index (χ0v) is 19.8. The highest BCUT2D eigenvalue weighted by atomic mass is 16.5. The molecule has 0 radical (unpaired) electrons. The molecule has 10 heteroatoms. The van der Waals surface area contributed by atoms with Crippen LogP contribution in [0.5, 0.6) is 11.5 Å². The summed E-state index contributed by atoms with van der Waals surface area (Å²) in [6.07, 6.45) is 0.657. The van der Waals surface area contributed by atoms with Gasteiger partial charge in [0.15, 0.2) is 17.2 Å². The minimum Gasteiger partial charge on any atom is -0.571 e. The van der Waals surface area contributed by atoms with Crippen molar-refractivity contribution < 1.29 is 24.0 Å². The van der Waals surface area contributed by atoms with Crippen molar-refractivity contribution in [2.45, 2.75) is 13.0 Å². The highest BCUT2D eigenvalue weighted by Crippen LogP contribution is 2.32. The Morgan fingerprint density at radius 2 is 1.60 bits per heavy atom. The number of carbonyl (C=O) groups excluding carboxylic acids is 2. The van der Waals surface area contributed by atoms with Crippen LogP contribution in [-0.2, 0) is 6.54 Å². The van der Waals surface area contributed by atoms with Crippen LogP contribution in [0.15, 0.2) is 42.5 Å². The first kappa shape index (κ1) is 22.9. The monoisotopic (exact) mass is 477 g/mol. The number of piperazine rings is 1. The van der Waals surface area contributed by atoms with Crippen molar-refractivity contribution >= 4 is 17.3 Å². The second-order valence-electron chi connectivity index (χ2n) is 8.60. The van der Waals surface area contributed by atoms with Gasteiger partial charge in [0.2, 0.25) is 17.3 Å². The number of rotatable bonds is 7. The normalized spacial score (nSPS) is 15.7. The molecule has 0 amide bonds. The summed E-state index contributed by atoms with van der Waals surface area (Å²) in [7, 11) is 3.25. The van der Waals surface area contributed by atoms with E-state index in [-0.39, 0.29) is 23.0 Å². The van der Waals surface area contributed by atoms with Crippen LogP contribution in [0.1, 0.15) is 38.5 Å². The summed E-state index contributed by atoms with van der Waals surface area (Å²) in [5.74, 6) is 0.694. The quantitative estimate of drug-likeness (QED) is 0.292. The molecule has 1 fully saturated rings. The van der Waals surface area contributed by atoms with Gasteiger partial charge in [0.05, 0.1) is 20.8 Å². The SMILES string of the molecule is COc1ccc(N2CCN(CCCn3c4c(n[n+]3[O-])C(=O)c3ccccc3C4=O)CC2)cc1OC. The van der Waals surface area contributed by atoms with Crippen molar-refractivity contribution in [3.63, 3.8) is 0 Å². The van der Waals surface area contributed by atoms with Crippen molar-refractivity contribution in [3.8, 4) is 11.5 Å². The van der Waals surface area contributed by atoms with Crippen molar-refractivity contribution in [1.82, 2.24) is 14.7 Å². The van der Waals surface area contributed by atoms with E-state index in [2.05, 4.69) is 14.9 Å². The lowest BCUT2D eigenvalue weighted by molar-refractivity contribution is -0.749. The van der Waals surface area contributed by atoms with E-state index in [0.717, 1.165) is 38.4 Å². The molecular formula is C25H27N5O5. The second kappa shape index (κ2) is 9.38. The molecule has 2 aliphatic rings. The Morgan fingerprint density at radius 1 is 0.914 bits per heavy atom. The average Bonchev–Trinajstić information content (AvgIpc) is 3.23. The maximum atomic E-state index is 13.0. The van der Waals surface area contributed by atoms with Gasteiger partial charge in [-0.05, 0) is 18.6 Å². The molecular weight excluding hydrogens is 450 g/mol. The molecule has 1 aliphatic heterocycles. The largest absolute Gasteiger partial charge is 0.571 e. The fourth-order valence-electron chi connectivity index (χ4n) is 4.80. The number of fused-ring (bicyclic) bond motifs is 2. The number of carbonyl (C=O) groups is 2. The molecule has 1 saturated heterocycles. The van der Waals surface area contributed by atoms with Crippen LogP contribution in [0.2, 0.25) is 0 Å². The summed E-state index contributed by atoms with van der Waals surface area (Å²) in [4.78, 5) is 30.8. The van der Waals surface area contributed by atoms with Crippen molar-refractivity contribution in [3.05, 3.63) is 70.2 Å². The Kier molecular flexibility index (Phi) is 6.12. The Bertz CT molecular complexity index is 1280. The Morgan fingerprint density at radius 3 is 2.29 bits per heavy atom. The topological polar surface area (TPSA) is 104 Å². The van der Waals surface area contributed by atoms with Gasteiger partial charge < -0.3 is 19.6 Å². The third-order valence-corrected chi connectivity index (χ3v) is 6.67. The lowest BCUT2D eigenvalue weighted by Crippen LogP contribution is -2.47. The van der Waals surface area contributed by atoms with E-state index in [1.807, 2.05) is 18.2 Å². The van der Waals surface area contributed by atoms with Gasteiger partial charge in [-0.15, -0.1) is 4.68 Å². The average molecular weight is 478 g/mol. The molecule has 0 spiro atoms. The summed E-state index contributed by atoms with van der Waals surface area (Å²) in [6, 6.07) is 12.5. The Hall–Kier alpha value is -3.92. The fourth-order valence-corrected chi connectivity index (χ4v) is 4.80. The summed E-state index contributed by atoms with van der Waals surface area (Å²) < 4.78 is 12.0. The predicted octanol–water partition coefficient (Wildman–Crippen LogP) is 1.52. The minimum absolute atomic E-state index is 0.0627. The van der Waals surface area contributed by atoms with Crippen LogP contribution < -0.4 is 19.3 Å². The molecule has 0 saturated carbocycles. The first-order chi connectivity index (χ1) is 17.0. The maximum absolute atomic E-state index is 13.0. The number of methoxy groups -OCH3 is 2. The first-order valence-electron chi connectivity index (χ1n) is 11.6. The number of ketones is 2. The zero-order chi connectivity index (χ0) is 24.5. The molecule has 1 aromatic heterocycles. The summed E-state index contributed by atoms with van der Waals surface area (Å²) in [6.45, 7) is 4.55. The molecule has 5 rings (SSSR count).